The Kier molecular flexibility index (Phi) is 5.49. The number of nitrogens with zero attached hydrogens (tertiary/aromatic N) is 5. The second-order valence-electron chi connectivity index (χ2n) is 8.71. The maximum Gasteiger partial charge on any atom is 0.266 e. The van der Waals surface area contributed by atoms with E-state index in [0.29, 0.717) is 66.6 Å². The van der Waals surface area contributed by atoms with Crippen molar-refractivity contribution in [2.75, 3.05) is 29.4 Å². The molecule has 1 fully saturated rings. The van der Waals surface area contributed by atoms with Gasteiger partial charge in [0.05, 0.1) is 28.6 Å². The minimum absolute atomic E-state index is 0.112. The molecule has 2 aliphatic heterocycles. The molecule has 10 heteroatoms. The molecule has 0 aliphatic carbocycles. The maximum atomic E-state index is 13.6. The number of aliphatic hydroxyl groups excluding tert-OH is 1. The number of anilines is 3. The second kappa shape index (κ2) is 8.22. The smallest absolute Gasteiger partial charge is 0.266 e. The highest BCUT2D eigenvalue weighted by molar-refractivity contribution is 6.30. The van der Waals surface area contributed by atoms with Gasteiger partial charge < -0.3 is 19.5 Å². The fraction of sp³-hybridized carbons (Fsp3) is 0.435. The fourth-order valence-corrected chi connectivity index (χ4v) is 4.99. The van der Waals surface area contributed by atoms with Crippen molar-refractivity contribution >= 4 is 39.8 Å². The monoisotopic (exact) mass is 475 g/mol. The van der Waals surface area contributed by atoms with Gasteiger partial charge in [-0.3, -0.25) is 4.79 Å². The normalized spacial score (nSPS) is 18.5. The summed E-state index contributed by atoms with van der Waals surface area (Å²) in [6.07, 6.45) is -1.17. The van der Waals surface area contributed by atoms with Gasteiger partial charge >= 0.3 is 0 Å². The molecule has 3 aromatic heterocycles. The van der Waals surface area contributed by atoms with Crippen LogP contribution in [0.5, 0.6) is 0 Å². The number of halogens is 3. The molecule has 5 heterocycles. The predicted octanol–water partition coefficient (Wildman–Crippen LogP) is 3.88. The molecule has 2 aliphatic rings. The third-order valence-electron chi connectivity index (χ3n) is 6.49. The topological polar surface area (TPSA) is 74.5 Å². The summed E-state index contributed by atoms with van der Waals surface area (Å²) in [5.41, 5.74) is 2.04. The number of β-amino-alcohol motifs (C(OH)–C–C–N with tert-alkyl or cyclic N) is 1. The maximum absolute atomic E-state index is 13.6. The summed E-state index contributed by atoms with van der Waals surface area (Å²) in [6.45, 7) is 3.40. The Hall–Kier alpha value is -2.78. The van der Waals surface area contributed by atoms with E-state index in [1.54, 1.807) is 24.6 Å². The Morgan fingerprint density at radius 3 is 2.70 bits per heavy atom. The summed E-state index contributed by atoms with van der Waals surface area (Å²) in [5.74, 6) is 1.21. The van der Waals surface area contributed by atoms with Crippen molar-refractivity contribution in [3.05, 3.63) is 50.5 Å². The first-order valence-corrected chi connectivity index (χ1v) is 11.3. The molecule has 3 aromatic rings. The number of hydrogen-bond acceptors (Lipinski definition) is 6. The molecule has 0 spiro atoms. The molecule has 0 radical (unpaired) electrons. The van der Waals surface area contributed by atoms with Crippen LogP contribution >= 0.6 is 11.6 Å². The average molecular weight is 476 g/mol. The minimum atomic E-state index is -2.75. The lowest BCUT2D eigenvalue weighted by atomic mass is 10.0. The van der Waals surface area contributed by atoms with Crippen LogP contribution in [0.4, 0.5) is 26.1 Å². The lowest BCUT2D eigenvalue weighted by molar-refractivity contribution is 0.151. The zero-order valence-corrected chi connectivity index (χ0v) is 19.1. The van der Waals surface area contributed by atoms with Crippen molar-refractivity contribution in [2.45, 2.75) is 38.7 Å². The highest BCUT2D eigenvalue weighted by Gasteiger charge is 2.29. The van der Waals surface area contributed by atoms with Gasteiger partial charge in [0.2, 0.25) is 0 Å². The fourth-order valence-electron chi connectivity index (χ4n) is 4.75. The molecule has 1 atom stereocenters. The van der Waals surface area contributed by atoms with Crippen molar-refractivity contribution in [3.63, 3.8) is 0 Å². The van der Waals surface area contributed by atoms with Crippen LogP contribution in [0.25, 0.3) is 10.9 Å². The summed E-state index contributed by atoms with van der Waals surface area (Å²) < 4.78 is 28.8. The van der Waals surface area contributed by atoms with Gasteiger partial charge in [0.1, 0.15) is 16.8 Å². The number of hydrogen-bond donors (Lipinski definition) is 1. The van der Waals surface area contributed by atoms with E-state index in [2.05, 4.69) is 4.98 Å². The van der Waals surface area contributed by atoms with Gasteiger partial charge in [-0.1, -0.05) is 11.6 Å². The number of pyridine rings is 3. The molecule has 5 rings (SSSR count). The number of alkyl halides is 2. The summed E-state index contributed by atoms with van der Waals surface area (Å²) in [7, 11) is 1.71. The SMILES string of the molecule is Cc1cc2c(N3CCCc4nc(Cl)c(C(F)F)cc43)nc(N3CC[C@H](O)C3)cc2n(C)c1=O. The van der Waals surface area contributed by atoms with Crippen molar-refractivity contribution < 1.29 is 13.9 Å². The van der Waals surface area contributed by atoms with E-state index in [1.807, 2.05) is 15.9 Å². The van der Waals surface area contributed by atoms with E-state index in [4.69, 9.17) is 16.6 Å². The van der Waals surface area contributed by atoms with Crippen molar-refractivity contribution in [1.29, 1.82) is 0 Å². The number of fused-ring (bicyclic) bond motifs is 2. The van der Waals surface area contributed by atoms with E-state index in [-0.39, 0.29) is 16.3 Å². The van der Waals surface area contributed by atoms with Gasteiger partial charge in [-0.05, 0) is 38.3 Å². The average Bonchev–Trinajstić information content (AvgIpc) is 3.22. The van der Waals surface area contributed by atoms with Gasteiger partial charge in [0.15, 0.2) is 0 Å². The van der Waals surface area contributed by atoms with Crippen LogP contribution in [0.2, 0.25) is 5.15 Å². The third-order valence-corrected chi connectivity index (χ3v) is 6.79. The van der Waals surface area contributed by atoms with E-state index in [0.717, 1.165) is 11.8 Å². The van der Waals surface area contributed by atoms with E-state index >= 15 is 0 Å². The molecular weight excluding hydrogens is 452 g/mol. The van der Waals surface area contributed by atoms with Crippen LogP contribution in [0.15, 0.2) is 23.0 Å². The Morgan fingerprint density at radius 1 is 1.21 bits per heavy atom. The molecule has 0 aromatic carbocycles. The highest BCUT2D eigenvalue weighted by atomic mass is 35.5. The quantitative estimate of drug-likeness (QED) is 0.579. The van der Waals surface area contributed by atoms with Crippen LogP contribution in [0, 0.1) is 6.92 Å². The molecule has 0 saturated carbocycles. The number of aromatic nitrogens is 3. The van der Waals surface area contributed by atoms with Gasteiger partial charge in [0.25, 0.3) is 12.0 Å². The van der Waals surface area contributed by atoms with Gasteiger partial charge in [-0.2, -0.15) is 0 Å². The Morgan fingerprint density at radius 2 is 2.00 bits per heavy atom. The summed E-state index contributed by atoms with van der Waals surface area (Å²) >= 11 is 6.04. The Bertz CT molecular complexity index is 1310. The first-order chi connectivity index (χ1) is 15.7. The second-order valence-corrected chi connectivity index (χ2v) is 9.07. The van der Waals surface area contributed by atoms with Crippen LogP contribution < -0.4 is 15.4 Å². The summed E-state index contributed by atoms with van der Waals surface area (Å²) in [6, 6.07) is 5.06. The lowest BCUT2D eigenvalue weighted by Crippen LogP contribution is -2.29. The van der Waals surface area contributed by atoms with Crippen molar-refractivity contribution in [3.8, 4) is 0 Å². The number of rotatable bonds is 3. The molecule has 33 heavy (non-hydrogen) atoms. The minimum Gasteiger partial charge on any atom is -0.391 e. The molecule has 174 valence electrons. The molecule has 0 bridgehead atoms. The Balaban J connectivity index is 1.76. The molecule has 1 saturated heterocycles. The third kappa shape index (κ3) is 3.73. The largest absolute Gasteiger partial charge is 0.391 e. The van der Waals surface area contributed by atoms with E-state index < -0.39 is 12.5 Å². The van der Waals surface area contributed by atoms with Gasteiger partial charge in [-0.25, -0.2) is 18.7 Å². The van der Waals surface area contributed by atoms with Crippen LogP contribution in [0.1, 0.15) is 36.1 Å². The summed E-state index contributed by atoms with van der Waals surface area (Å²) in [4.78, 5) is 25.7. The standard InChI is InChI=1S/C23H24ClF2N5O2/c1-12-8-14-17(29(2)23(12)33)10-19(30-7-5-13(32)11-30)28-22(14)31-6-3-4-16-18(31)9-15(21(25)26)20(24)27-16/h8-10,13,21,32H,3-7,11H2,1-2H3/t13-/m0/s1. The predicted molar refractivity (Wildman–Crippen MR) is 124 cm³/mol. The zero-order valence-electron chi connectivity index (χ0n) is 18.4. The summed E-state index contributed by atoms with van der Waals surface area (Å²) in [5, 5.41) is 10.6. The van der Waals surface area contributed by atoms with Gasteiger partial charge in [-0.15, -0.1) is 0 Å². The lowest BCUT2D eigenvalue weighted by Gasteiger charge is -2.32. The van der Waals surface area contributed by atoms with E-state index in [1.165, 1.54) is 6.07 Å². The van der Waals surface area contributed by atoms with Crippen LogP contribution in [-0.4, -0.2) is 45.4 Å². The Labute approximate surface area is 194 Å². The number of aliphatic hydroxyl groups is 1. The zero-order chi connectivity index (χ0) is 23.4. The molecule has 0 unspecified atom stereocenters. The van der Waals surface area contributed by atoms with E-state index in [9.17, 15) is 18.7 Å². The van der Waals surface area contributed by atoms with Crippen LogP contribution in [-0.2, 0) is 13.5 Å². The van der Waals surface area contributed by atoms with Crippen molar-refractivity contribution in [2.24, 2.45) is 7.05 Å². The highest BCUT2D eigenvalue weighted by Crippen LogP contribution is 2.40. The first kappa shape index (κ1) is 22.0. The molecule has 1 N–H and O–H groups in total. The van der Waals surface area contributed by atoms with Crippen LogP contribution in [0.3, 0.4) is 0 Å². The molecular formula is C23H24ClF2N5O2. The molecule has 7 nitrogen and oxygen atoms in total. The number of aryl methyl sites for hydroxylation is 3. The van der Waals surface area contributed by atoms with Crippen molar-refractivity contribution in [1.82, 2.24) is 14.5 Å². The van der Waals surface area contributed by atoms with Gasteiger partial charge in [0, 0.05) is 43.7 Å². The first-order valence-electron chi connectivity index (χ1n) is 10.9. The molecule has 0 amide bonds.